The van der Waals surface area contributed by atoms with Crippen LogP contribution in [0.25, 0.3) is 10.9 Å². The van der Waals surface area contributed by atoms with Gasteiger partial charge < -0.3 is 5.32 Å². The minimum absolute atomic E-state index is 0.0641. The average molecular weight is 348 g/mol. The number of hydrogen-bond acceptors (Lipinski definition) is 4. The van der Waals surface area contributed by atoms with Gasteiger partial charge in [-0.1, -0.05) is 6.07 Å². The lowest BCUT2D eigenvalue weighted by molar-refractivity contribution is 0.0959. The molecule has 0 aliphatic heterocycles. The van der Waals surface area contributed by atoms with Gasteiger partial charge in [-0.3, -0.25) is 14.6 Å². The van der Waals surface area contributed by atoms with Gasteiger partial charge in [0.25, 0.3) is 15.9 Å². The molecule has 24 heavy (non-hydrogen) atoms. The van der Waals surface area contributed by atoms with Crippen LogP contribution in [0, 0.1) is 5.82 Å². The first-order valence-electron chi connectivity index (χ1n) is 6.89. The quantitative estimate of drug-likeness (QED) is 0.669. The van der Waals surface area contributed by atoms with Crippen LogP contribution in [-0.4, -0.2) is 31.6 Å². The van der Waals surface area contributed by atoms with Crippen LogP contribution in [0.1, 0.15) is 10.5 Å². The van der Waals surface area contributed by atoms with E-state index in [-0.39, 0.29) is 16.3 Å². The van der Waals surface area contributed by atoms with Crippen LogP contribution in [0.5, 0.6) is 0 Å². The number of hydrogen-bond donors (Lipinski definition) is 3. The lowest BCUT2D eigenvalue weighted by atomic mass is 10.2. The van der Waals surface area contributed by atoms with Crippen LogP contribution >= 0.6 is 0 Å². The number of carbonyl (C=O) groups is 1. The maximum atomic E-state index is 13.2. The zero-order valence-electron chi connectivity index (χ0n) is 12.5. The highest BCUT2D eigenvalue weighted by Crippen LogP contribution is 2.23. The molecule has 0 fully saturated rings. The Labute approximate surface area is 136 Å². The topological polar surface area (TPSA) is 104 Å². The lowest BCUT2D eigenvalue weighted by Crippen LogP contribution is -2.18. The predicted octanol–water partition coefficient (Wildman–Crippen LogP) is 1.86. The number of sulfonamides is 1. The second-order valence-corrected chi connectivity index (χ2v) is 6.66. The molecule has 0 atom stereocenters. The Balaban J connectivity index is 2.03. The zero-order chi connectivity index (χ0) is 17.3. The van der Waals surface area contributed by atoms with Crippen molar-refractivity contribution in [2.45, 2.75) is 4.90 Å². The van der Waals surface area contributed by atoms with Gasteiger partial charge in [-0.15, -0.1) is 0 Å². The summed E-state index contributed by atoms with van der Waals surface area (Å²) in [6, 6.07) is 9.34. The minimum atomic E-state index is -3.94. The summed E-state index contributed by atoms with van der Waals surface area (Å²) in [5.74, 6) is -0.990. The number of nitrogens with zero attached hydrogens (tertiary/aromatic N) is 1. The number of halogens is 1. The highest BCUT2D eigenvalue weighted by atomic mass is 32.2. The third kappa shape index (κ3) is 2.93. The van der Waals surface area contributed by atoms with Crippen molar-refractivity contribution in [1.29, 1.82) is 0 Å². The van der Waals surface area contributed by atoms with Crippen LogP contribution in [0.4, 0.5) is 10.1 Å². The second kappa shape index (κ2) is 5.93. The number of amides is 1. The molecule has 2 aromatic carbocycles. The molecule has 3 aromatic rings. The molecule has 0 saturated carbocycles. The maximum absolute atomic E-state index is 13.2. The van der Waals surface area contributed by atoms with E-state index in [4.69, 9.17) is 0 Å². The van der Waals surface area contributed by atoms with Gasteiger partial charge in [-0.25, -0.2) is 12.8 Å². The molecular weight excluding hydrogens is 335 g/mol. The van der Waals surface area contributed by atoms with E-state index < -0.39 is 21.7 Å². The van der Waals surface area contributed by atoms with E-state index in [2.05, 4.69) is 20.2 Å². The number of benzene rings is 2. The summed E-state index contributed by atoms with van der Waals surface area (Å²) in [4.78, 5) is 11.7. The molecule has 9 heteroatoms. The molecule has 1 amide bonds. The first-order valence-corrected chi connectivity index (χ1v) is 8.37. The molecule has 3 rings (SSSR count). The van der Waals surface area contributed by atoms with E-state index in [1.54, 1.807) is 0 Å². The Hall–Kier alpha value is -2.94. The molecule has 0 unspecified atom stereocenters. The van der Waals surface area contributed by atoms with E-state index in [0.29, 0.717) is 10.9 Å². The van der Waals surface area contributed by atoms with Gasteiger partial charge in [0.15, 0.2) is 5.69 Å². The smallest absolute Gasteiger partial charge is 0.272 e. The molecule has 0 saturated heterocycles. The second-order valence-electron chi connectivity index (χ2n) is 4.97. The molecule has 1 aromatic heterocycles. The number of nitrogens with one attached hydrogen (secondary N) is 3. The number of anilines is 1. The molecule has 0 spiro atoms. The Morgan fingerprint density at radius 1 is 1.21 bits per heavy atom. The monoisotopic (exact) mass is 348 g/mol. The maximum Gasteiger partial charge on any atom is 0.272 e. The van der Waals surface area contributed by atoms with E-state index >= 15 is 0 Å². The van der Waals surface area contributed by atoms with Crippen molar-refractivity contribution < 1.29 is 17.6 Å². The first kappa shape index (κ1) is 15.9. The molecule has 1 heterocycles. The van der Waals surface area contributed by atoms with E-state index in [9.17, 15) is 17.6 Å². The van der Waals surface area contributed by atoms with Crippen molar-refractivity contribution in [2.75, 3.05) is 11.8 Å². The summed E-state index contributed by atoms with van der Waals surface area (Å²) < 4.78 is 40.4. The molecule has 3 N–H and O–H groups in total. The molecule has 0 bridgehead atoms. The number of aromatic nitrogens is 2. The minimum Gasteiger partial charge on any atom is -0.354 e. The predicted molar refractivity (Wildman–Crippen MR) is 86.7 cm³/mol. The first-order chi connectivity index (χ1) is 11.4. The van der Waals surface area contributed by atoms with Gasteiger partial charge in [0.1, 0.15) is 5.82 Å². The Morgan fingerprint density at radius 3 is 2.71 bits per heavy atom. The van der Waals surface area contributed by atoms with Crippen LogP contribution in [0.3, 0.4) is 0 Å². The fourth-order valence-corrected chi connectivity index (χ4v) is 3.29. The van der Waals surface area contributed by atoms with Crippen molar-refractivity contribution in [3.63, 3.8) is 0 Å². The number of fused-ring (bicyclic) bond motifs is 1. The van der Waals surface area contributed by atoms with Crippen molar-refractivity contribution in [1.82, 2.24) is 15.5 Å². The Morgan fingerprint density at radius 2 is 2.00 bits per heavy atom. The highest BCUT2D eigenvalue weighted by Gasteiger charge is 2.19. The van der Waals surface area contributed by atoms with E-state index in [1.807, 2.05) is 0 Å². The normalized spacial score (nSPS) is 11.4. The number of aromatic amines is 1. The van der Waals surface area contributed by atoms with Crippen LogP contribution < -0.4 is 10.0 Å². The summed E-state index contributed by atoms with van der Waals surface area (Å²) in [5.41, 5.74) is 0.724. The summed E-state index contributed by atoms with van der Waals surface area (Å²) in [6.45, 7) is 0. The van der Waals surface area contributed by atoms with Gasteiger partial charge in [0.2, 0.25) is 0 Å². The molecule has 0 aliphatic rings. The van der Waals surface area contributed by atoms with Gasteiger partial charge in [-0.2, -0.15) is 5.10 Å². The lowest BCUT2D eigenvalue weighted by Gasteiger charge is -2.08. The van der Waals surface area contributed by atoms with Gasteiger partial charge in [-0.05, 0) is 36.4 Å². The summed E-state index contributed by atoms with van der Waals surface area (Å²) in [6.07, 6.45) is 0. The number of carbonyl (C=O) groups excluding carboxylic acids is 1. The number of rotatable bonds is 4. The Kier molecular flexibility index (Phi) is 3.94. The summed E-state index contributed by atoms with van der Waals surface area (Å²) in [5, 5.41) is 9.35. The fourth-order valence-electron chi connectivity index (χ4n) is 2.22. The fraction of sp³-hybridized carbons (Fsp3) is 0.0667. The molecular formula is C15H13FN4O3S. The largest absolute Gasteiger partial charge is 0.354 e. The standard InChI is InChI=1S/C15H13FN4O3S/c1-17-15(21)14-12-8-11(5-6-13(12)18-19-14)24(22,23)20-10-4-2-3-9(16)7-10/h2-8,20H,1H3,(H,17,21)(H,18,19). The van der Waals surface area contributed by atoms with Crippen LogP contribution in [0.15, 0.2) is 47.4 Å². The van der Waals surface area contributed by atoms with Crippen molar-refractivity contribution in [2.24, 2.45) is 0 Å². The van der Waals surface area contributed by atoms with Crippen LogP contribution in [0.2, 0.25) is 0 Å². The highest BCUT2D eigenvalue weighted by molar-refractivity contribution is 7.92. The summed E-state index contributed by atoms with van der Waals surface area (Å²) >= 11 is 0. The van der Waals surface area contributed by atoms with Crippen molar-refractivity contribution >= 4 is 32.5 Å². The third-order valence-corrected chi connectivity index (χ3v) is 4.74. The molecule has 124 valence electrons. The average Bonchev–Trinajstić information content (AvgIpc) is 2.97. The molecule has 0 radical (unpaired) electrons. The Bertz CT molecular complexity index is 1030. The van der Waals surface area contributed by atoms with Crippen LogP contribution in [-0.2, 0) is 10.0 Å². The van der Waals surface area contributed by atoms with Gasteiger partial charge in [0.05, 0.1) is 16.1 Å². The van der Waals surface area contributed by atoms with Crippen molar-refractivity contribution in [3.05, 3.63) is 54.0 Å². The zero-order valence-corrected chi connectivity index (χ0v) is 13.3. The molecule has 0 aliphatic carbocycles. The van der Waals surface area contributed by atoms with E-state index in [0.717, 1.165) is 6.07 Å². The molecule has 7 nitrogen and oxygen atoms in total. The van der Waals surface area contributed by atoms with E-state index in [1.165, 1.54) is 43.4 Å². The summed E-state index contributed by atoms with van der Waals surface area (Å²) in [7, 11) is -2.49. The van der Waals surface area contributed by atoms with Gasteiger partial charge in [0, 0.05) is 12.4 Å². The van der Waals surface area contributed by atoms with Crippen molar-refractivity contribution in [3.8, 4) is 0 Å². The number of H-pyrrole nitrogens is 1. The SMILES string of the molecule is CNC(=O)c1n[nH]c2ccc(S(=O)(=O)Nc3cccc(F)c3)cc12. The third-order valence-electron chi connectivity index (χ3n) is 3.36. The van der Waals surface area contributed by atoms with Gasteiger partial charge >= 0.3 is 0 Å².